The number of benzene rings is 2. The third-order valence-corrected chi connectivity index (χ3v) is 4.35. The SMILES string of the molecule is COC(=O)C=C1c2ccccc2C(=O)N(CC(=O)OC(C)(C)C)c2ccccc21. The number of fused-ring (bicyclic) bond motifs is 2. The minimum atomic E-state index is -0.667. The van der Waals surface area contributed by atoms with Crippen molar-refractivity contribution in [2.24, 2.45) is 0 Å². The number of esters is 2. The molecule has 0 atom stereocenters. The summed E-state index contributed by atoms with van der Waals surface area (Å²) < 4.78 is 10.2. The summed E-state index contributed by atoms with van der Waals surface area (Å²) in [6, 6.07) is 14.1. The predicted octanol–water partition coefficient (Wildman–Crippen LogP) is 3.59. The summed E-state index contributed by atoms with van der Waals surface area (Å²) in [4.78, 5) is 39.3. The van der Waals surface area contributed by atoms with E-state index < -0.39 is 17.5 Å². The van der Waals surface area contributed by atoms with E-state index in [0.717, 1.165) is 0 Å². The minimum Gasteiger partial charge on any atom is -0.466 e. The maximum Gasteiger partial charge on any atom is 0.331 e. The van der Waals surface area contributed by atoms with Gasteiger partial charge < -0.3 is 9.47 Å². The van der Waals surface area contributed by atoms with E-state index >= 15 is 0 Å². The Hall–Kier alpha value is -3.41. The van der Waals surface area contributed by atoms with E-state index in [4.69, 9.17) is 9.47 Å². The topological polar surface area (TPSA) is 72.9 Å². The zero-order valence-corrected chi connectivity index (χ0v) is 16.9. The van der Waals surface area contributed by atoms with E-state index in [1.54, 1.807) is 57.2 Å². The van der Waals surface area contributed by atoms with Crippen molar-refractivity contribution in [3.05, 3.63) is 71.3 Å². The van der Waals surface area contributed by atoms with E-state index in [1.165, 1.54) is 18.1 Å². The summed E-state index contributed by atoms with van der Waals surface area (Å²) >= 11 is 0. The van der Waals surface area contributed by atoms with Gasteiger partial charge in [-0.25, -0.2) is 4.79 Å². The molecule has 0 saturated heterocycles. The van der Waals surface area contributed by atoms with Crippen LogP contribution in [-0.2, 0) is 19.1 Å². The van der Waals surface area contributed by atoms with Crippen molar-refractivity contribution in [3.8, 4) is 0 Å². The molecule has 0 bridgehead atoms. The van der Waals surface area contributed by atoms with Crippen molar-refractivity contribution in [3.63, 3.8) is 0 Å². The zero-order valence-electron chi connectivity index (χ0n) is 16.9. The Balaban J connectivity index is 2.18. The Kier molecular flexibility index (Phi) is 5.55. The highest BCUT2D eigenvalue weighted by Crippen LogP contribution is 2.38. The zero-order chi connectivity index (χ0) is 21.2. The number of ether oxygens (including phenoxy) is 2. The van der Waals surface area contributed by atoms with Gasteiger partial charge in [-0.3, -0.25) is 14.5 Å². The highest BCUT2D eigenvalue weighted by molar-refractivity contribution is 6.16. The Morgan fingerprint density at radius 3 is 2.17 bits per heavy atom. The third kappa shape index (κ3) is 4.37. The van der Waals surface area contributed by atoms with Crippen molar-refractivity contribution in [1.29, 1.82) is 0 Å². The standard InChI is InChI=1S/C23H23NO5/c1-23(2,3)29-21(26)14-24-19-12-8-7-10-16(19)18(13-20(25)28-4)15-9-5-6-11-17(15)22(24)27/h5-13H,14H2,1-4H3. The van der Waals surface area contributed by atoms with Crippen molar-refractivity contribution in [1.82, 2.24) is 0 Å². The van der Waals surface area contributed by atoms with Crippen LogP contribution in [-0.4, -0.2) is 37.1 Å². The number of hydrogen-bond donors (Lipinski definition) is 0. The number of para-hydroxylation sites is 1. The smallest absolute Gasteiger partial charge is 0.331 e. The van der Waals surface area contributed by atoms with Crippen LogP contribution in [0, 0.1) is 0 Å². The predicted molar refractivity (Wildman–Crippen MR) is 110 cm³/mol. The van der Waals surface area contributed by atoms with Gasteiger partial charge in [0, 0.05) is 17.2 Å². The molecule has 150 valence electrons. The average molecular weight is 393 g/mol. The van der Waals surface area contributed by atoms with Gasteiger partial charge in [0.25, 0.3) is 5.91 Å². The lowest BCUT2D eigenvalue weighted by Gasteiger charge is -2.25. The fourth-order valence-corrected chi connectivity index (χ4v) is 3.23. The molecule has 0 radical (unpaired) electrons. The van der Waals surface area contributed by atoms with Crippen LogP contribution < -0.4 is 4.90 Å². The van der Waals surface area contributed by atoms with E-state index in [-0.39, 0.29) is 12.5 Å². The molecule has 1 aliphatic rings. The number of methoxy groups -OCH3 is 1. The Morgan fingerprint density at radius 1 is 0.966 bits per heavy atom. The summed E-state index contributed by atoms with van der Waals surface area (Å²) in [6.07, 6.45) is 1.36. The Morgan fingerprint density at radius 2 is 1.55 bits per heavy atom. The molecule has 0 fully saturated rings. The number of anilines is 1. The number of amides is 1. The summed E-state index contributed by atoms with van der Waals surface area (Å²) in [5.74, 6) is -1.39. The molecule has 0 unspecified atom stereocenters. The maximum absolute atomic E-state index is 13.4. The lowest BCUT2D eigenvalue weighted by Crippen LogP contribution is -2.39. The molecule has 2 aromatic rings. The quantitative estimate of drug-likeness (QED) is 0.589. The summed E-state index contributed by atoms with van der Waals surface area (Å²) in [5, 5.41) is 0. The first-order valence-electron chi connectivity index (χ1n) is 9.23. The van der Waals surface area contributed by atoms with Crippen molar-refractivity contribution < 1.29 is 23.9 Å². The molecule has 6 heteroatoms. The van der Waals surface area contributed by atoms with Gasteiger partial charge >= 0.3 is 11.9 Å². The van der Waals surface area contributed by atoms with Gasteiger partial charge in [0.1, 0.15) is 12.1 Å². The molecular weight excluding hydrogens is 370 g/mol. The van der Waals surface area contributed by atoms with Crippen molar-refractivity contribution in [2.45, 2.75) is 26.4 Å². The van der Waals surface area contributed by atoms with Crippen LogP contribution >= 0.6 is 0 Å². The fourth-order valence-electron chi connectivity index (χ4n) is 3.23. The molecule has 0 aliphatic carbocycles. The van der Waals surface area contributed by atoms with E-state index in [2.05, 4.69) is 0 Å². The summed E-state index contributed by atoms with van der Waals surface area (Å²) in [5.41, 5.74) is 2.06. The molecule has 1 aliphatic heterocycles. The van der Waals surface area contributed by atoms with Crippen LogP contribution in [0.2, 0.25) is 0 Å². The lowest BCUT2D eigenvalue weighted by atomic mass is 9.94. The van der Waals surface area contributed by atoms with Gasteiger partial charge in [-0.1, -0.05) is 36.4 Å². The van der Waals surface area contributed by atoms with Crippen LogP contribution in [0.25, 0.3) is 5.57 Å². The van der Waals surface area contributed by atoms with Crippen LogP contribution in [0.4, 0.5) is 5.69 Å². The van der Waals surface area contributed by atoms with Crippen LogP contribution in [0.3, 0.4) is 0 Å². The van der Waals surface area contributed by atoms with Crippen LogP contribution in [0.1, 0.15) is 42.3 Å². The Labute approximate surface area is 169 Å². The second kappa shape index (κ2) is 7.91. The molecular formula is C23H23NO5. The highest BCUT2D eigenvalue weighted by Gasteiger charge is 2.32. The number of rotatable bonds is 3. The van der Waals surface area contributed by atoms with Gasteiger partial charge in [0.2, 0.25) is 0 Å². The molecule has 0 spiro atoms. The molecule has 0 saturated carbocycles. The average Bonchev–Trinajstić information content (AvgIpc) is 2.76. The summed E-state index contributed by atoms with van der Waals surface area (Å²) in [7, 11) is 1.30. The van der Waals surface area contributed by atoms with Crippen LogP contribution in [0.15, 0.2) is 54.6 Å². The molecule has 3 rings (SSSR count). The fraction of sp³-hybridized carbons (Fsp3) is 0.261. The Bertz CT molecular complexity index is 1000. The first-order chi connectivity index (χ1) is 13.7. The van der Waals surface area contributed by atoms with Crippen molar-refractivity contribution >= 4 is 29.1 Å². The molecule has 0 aromatic heterocycles. The second-order valence-electron chi connectivity index (χ2n) is 7.62. The molecule has 1 amide bonds. The molecule has 6 nitrogen and oxygen atoms in total. The minimum absolute atomic E-state index is 0.243. The number of carbonyl (C=O) groups is 3. The third-order valence-electron chi connectivity index (χ3n) is 4.35. The van der Waals surface area contributed by atoms with Gasteiger partial charge in [-0.05, 0) is 44.0 Å². The monoisotopic (exact) mass is 393 g/mol. The summed E-state index contributed by atoms with van der Waals surface area (Å²) in [6.45, 7) is 5.08. The van der Waals surface area contributed by atoms with Gasteiger partial charge in [0.05, 0.1) is 12.8 Å². The lowest BCUT2D eigenvalue weighted by molar-refractivity contribution is -0.152. The van der Waals surface area contributed by atoms with E-state index in [9.17, 15) is 14.4 Å². The van der Waals surface area contributed by atoms with Gasteiger partial charge in [0.15, 0.2) is 0 Å². The van der Waals surface area contributed by atoms with Gasteiger partial charge in [-0.15, -0.1) is 0 Å². The molecule has 29 heavy (non-hydrogen) atoms. The van der Waals surface area contributed by atoms with Crippen molar-refractivity contribution in [2.75, 3.05) is 18.6 Å². The molecule has 1 heterocycles. The van der Waals surface area contributed by atoms with Gasteiger partial charge in [-0.2, -0.15) is 0 Å². The van der Waals surface area contributed by atoms with E-state index in [0.29, 0.717) is 28.0 Å². The number of nitrogens with zero attached hydrogens (tertiary/aromatic N) is 1. The first-order valence-corrected chi connectivity index (χ1v) is 9.23. The largest absolute Gasteiger partial charge is 0.466 e. The van der Waals surface area contributed by atoms with E-state index in [1.807, 2.05) is 12.1 Å². The number of carbonyl (C=O) groups excluding carboxylic acids is 3. The molecule has 0 N–H and O–H groups in total. The van der Waals surface area contributed by atoms with Crippen LogP contribution in [0.5, 0.6) is 0 Å². The number of hydrogen-bond acceptors (Lipinski definition) is 5. The molecule has 2 aromatic carbocycles. The normalized spacial score (nSPS) is 14.7. The second-order valence-corrected chi connectivity index (χ2v) is 7.62. The first kappa shape index (κ1) is 20.3. The highest BCUT2D eigenvalue weighted by atomic mass is 16.6. The maximum atomic E-state index is 13.4.